The lowest BCUT2D eigenvalue weighted by atomic mass is 9.63. The van der Waals surface area contributed by atoms with Gasteiger partial charge < -0.3 is 4.74 Å². The maximum Gasteiger partial charge on any atom is 0.0972 e. The summed E-state index contributed by atoms with van der Waals surface area (Å²) in [5, 5.41) is 0. The second kappa shape index (κ2) is 6.66. The van der Waals surface area contributed by atoms with Crippen molar-refractivity contribution in [2.24, 2.45) is 5.41 Å². The minimum atomic E-state index is -0.359. The molecule has 0 aliphatic rings. The summed E-state index contributed by atoms with van der Waals surface area (Å²) in [6, 6.07) is 21.3. The number of hydrogen-bond donors (Lipinski definition) is 0. The average Bonchev–Trinajstić information content (AvgIpc) is 2.56. The molecule has 2 unspecified atom stereocenters. The van der Waals surface area contributed by atoms with E-state index in [4.69, 9.17) is 4.74 Å². The lowest BCUT2D eigenvalue weighted by Gasteiger charge is -2.46. The molecule has 0 aliphatic carbocycles. The molecule has 1 heteroatoms. The van der Waals surface area contributed by atoms with E-state index in [-0.39, 0.29) is 16.9 Å². The fourth-order valence-corrected chi connectivity index (χ4v) is 3.54. The minimum Gasteiger partial charge on any atom is -0.373 e. The van der Waals surface area contributed by atoms with Crippen LogP contribution in [0.5, 0.6) is 0 Å². The summed E-state index contributed by atoms with van der Waals surface area (Å²) in [6.07, 6.45) is 1.10. The second-order valence-corrected chi connectivity index (χ2v) is 6.86. The van der Waals surface area contributed by atoms with Crippen LogP contribution in [0.4, 0.5) is 0 Å². The normalized spacial score (nSPS) is 16.0. The van der Waals surface area contributed by atoms with E-state index < -0.39 is 0 Å². The molecule has 2 atom stereocenters. The molecular formula is C21H28O. The van der Waals surface area contributed by atoms with Crippen molar-refractivity contribution in [2.75, 3.05) is 7.11 Å². The van der Waals surface area contributed by atoms with Crippen molar-refractivity contribution in [1.29, 1.82) is 0 Å². The second-order valence-electron chi connectivity index (χ2n) is 6.86. The van der Waals surface area contributed by atoms with Gasteiger partial charge in [-0.05, 0) is 23.5 Å². The van der Waals surface area contributed by atoms with E-state index in [0.717, 1.165) is 6.42 Å². The molecule has 0 saturated heterocycles. The van der Waals surface area contributed by atoms with Crippen molar-refractivity contribution in [3.63, 3.8) is 0 Å². The van der Waals surface area contributed by atoms with Crippen molar-refractivity contribution in [3.8, 4) is 0 Å². The standard InChI is InChI=1S/C21H28O/c1-6-20(2,3)19(17-13-9-7-10-14-17)21(4,22-5)18-15-11-8-12-16-18/h7-16,19H,6H2,1-5H3. The van der Waals surface area contributed by atoms with Crippen LogP contribution in [-0.4, -0.2) is 7.11 Å². The van der Waals surface area contributed by atoms with E-state index in [1.54, 1.807) is 0 Å². The Kier molecular flexibility index (Phi) is 5.08. The number of rotatable bonds is 6. The highest BCUT2D eigenvalue weighted by molar-refractivity contribution is 5.32. The summed E-state index contributed by atoms with van der Waals surface area (Å²) in [4.78, 5) is 0. The predicted octanol–water partition coefficient (Wildman–Crippen LogP) is 5.77. The topological polar surface area (TPSA) is 9.23 Å². The first-order valence-corrected chi connectivity index (χ1v) is 8.11. The fourth-order valence-electron chi connectivity index (χ4n) is 3.54. The van der Waals surface area contributed by atoms with Gasteiger partial charge in [-0.25, -0.2) is 0 Å². The Morgan fingerprint density at radius 3 is 1.82 bits per heavy atom. The Morgan fingerprint density at radius 1 is 0.864 bits per heavy atom. The lowest BCUT2D eigenvalue weighted by molar-refractivity contribution is -0.0570. The largest absolute Gasteiger partial charge is 0.373 e. The van der Waals surface area contributed by atoms with Crippen LogP contribution in [-0.2, 0) is 10.3 Å². The maximum absolute atomic E-state index is 6.13. The summed E-state index contributed by atoms with van der Waals surface area (Å²) >= 11 is 0. The van der Waals surface area contributed by atoms with Crippen LogP contribution in [0.25, 0.3) is 0 Å². The number of benzene rings is 2. The molecule has 2 rings (SSSR count). The third-order valence-electron chi connectivity index (χ3n) is 5.15. The Morgan fingerprint density at radius 2 is 1.36 bits per heavy atom. The Bertz CT molecular complexity index is 573. The van der Waals surface area contributed by atoms with Crippen LogP contribution < -0.4 is 0 Å². The predicted molar refractivity (Wildman–Crippen MR) is 94.1 cm³/mol. The molecule has 0 aliphatic heterocycles. The SMILES string of the molecule is CCC(C)(C)C(c1ccccc1)C(C)(OC)c1ccccc1. The highest BCUT2D eigenvalue weighted by Gasteiger charge is 2.45. The summed E-state index contributed by atoms with van der Waals surface area (Å²) in [5.74, 6) is 0.276. The van der Waals surface area contributed by atoms with Crippen molar-refractivity contribution in [1.82, 2.24) is 0 Å². The molecule has 2 aromatic rings. The van der Waals surface area contributed by atoms with Crippen molar-refractivity contribution >= 4 is 0 Å². The van der Waals surface area contributed by atoms with Crippen LogP contribution in [0.15, 0.2) is 60.7 Å². The first-order valence-electron chi connectivity index (χ1n) is 8.11. The molecule has 0 saturated carbocycles. The van der Waals surface area contributed by atoms with Gasteiger partial charge in [0.25, 0.3) is 0 Å². The summed E-state index contributed by atoms with van der Waals surface area (Å²) < 4.78 is 6.13. The molecule has 0 aromatic heterocycles. The van der Waals surface area contributed by atoms with E-state index in [2.05, 4.69) is 88.4 Å². The first kappa shape index (κ1) is 16.8. The molecule has 2 aromatic carbocycles. The molecule has 22 heavy (non-hydrogen) atoms. The number of hydrogen-bond acceptors (Lipinski definition) is 1. The van der Waals surface area contributed by atoms with Crippen LogP contribution in [0, 0.1) is 5.41 Å². The van der Waals surface area contributed by atoms with Gasteiger partial charge in [-0.2, -0.15) is 0 Å². The van der Waals surface area contributed by atoms with Gasteiger partial charge in [0, 0.05) is 13.0 Å². The fraction of sp³-hybridized carbons (Fsp3) is 0.429. The third-order valence-corrected chi connectivity index (χ3v) is 5.15. The van der Waals surface area contributed by atoms with Gasteiger partial charge in [-0.15, -0.1) is 0 Å². The monoisotopic (exact) mass is 296 g/mol. The summed E-state index contributed by atoms with van der Waals surface area (Å²) in [7, 11) is 1.83. The van der Waals surface area contributed by atoms with Crippen molar-refractivity contribution in [3.05, 3.63) is 71.8 Å². The van der Waals surface area contributed by atoms with Gasteiger partial charge in [-0.3, -0.25) is 0 Å². The van der Waals surface area contributed by atoms with Gasteiger partial charge in [0.05, 0.1) is 5.60 Å². The smallest absolute Gasteiger partial charge is 0.0972 e. The van der Waals surface area contributed by atoms with E-state index in [1.807, 2.05) is 7.11 Å². The molecule has 0 spiro atoms. The number of methoxy groups -OCH3 is 1. The van der Waals surface area contributed by atoms with Gasteiger partial charge in [0.15, 0.2) is 0 Å². The van der Waals surface area contributed by atoms with Crippen LogP contribution >= 0.6 is 0 Å². The summed E-state index contributed by atoms with van der Waals surface area (Å²) in [5.41, 5.74) is 2.33. The van der Waals surface area contributed by atoms with Crippen molar-refractivity contribution < 1.29 is 4.74 Å². The molecule has 0 bridgehead atoms. The van der Waals surface area contributed by atoms with Crippen LogP contribution in [0.3, 0.4) is 0 Å². The molecule has 118 valence electrons. The quantitative estimate of drug-likeness (QED) is 0.657. The Labute approximate surface area is 135 Å². The minimum absolute atomic E-state index is 0.127. The Hall–Kier alpha value is -1.60. The van der Waals surface area contributed by atoms with E-state index in [0.29, 0.717) is 0 Å². The van der Waals surface area contributed by atoms with Gasteiger partial charge in [0.2, 0.25) is 0 Å². The van der Waals surface area contributed by atoms with Gasteiger partial charge in [0.1, 0.15) is 0 Å². The molecular weight excluding hydrogens is 268 g/mol. The number of ether oxygens (including phenoxy) is 1. The molecule has 1 nitrogen and oxygen atoms in total. The highest BCUT2D eigenvalue weighted by atomic mass is 16.5. The Balaban J connectivity index is 2.61. The molecule has 0 amide bonds. The van der Waals surface area contributed by atoms with Crippen LogP contribution in [0.2, 0.25) is 0 Å². The van der Waals surface area contributed by atoms with E-state index in [1.165, 1.54) is 11.1 Å². The zero-order valence-electron chi connectivity index (χ0n) is 14.5. The maximum atomic E-state index is 6.13. The molecule has 0 radical (unpaired) electrons. The van der Waals surface area contributed by atoms with E-state index >= 15 is 0 Å². The van der Waals surface area contributed by atoms with Crippen molar-refractivity contribution in [2.45, 2.75) is 45.6 Å². The molecule has 0 N–H and O–H groups in total. The molecule has 0 heterocycles. The van der Waals surface area contributed by atoms with Crippen LogP contribution in [0.1, 0.15) is 51.2 Å². The van der Waals surface area contributed by atoms with E-state index in [9.17, 15) is 0 Å². The van der Waals surface area contributed by atoms with Gasteiger partial charge >= 0.3 is 0 Å². The highest BCUT2D eigenvalue weighted by Crippen LogP contribution is 2.51. The average molecular weight is 296 g/mol. The lowest BCUT2D eigenvalue weighted by Crippen LogP contribution is -2.40. The first-order chi connectivity index (χ1) is 10.5. The summed E-state index contributed by atoms with van der Waals surface area (Å²) in [6.45, 7) is 9.16. The zero-order chi connectivity index (χ0) is 16.2. The molecule has 0 fully saturated rings. The third kappa shape index (κ3) is 3.10. The van der Waals surface area contributed by atoms with Gasteiger partial charge in [-0.1, -0.05) is 87.9 Å². The zero-order valence-corrected chi connectivity index (χ0v) is 14.5.